The third-order valence-corrected chi connectivity index (χ3v) is 4.11. The standard InChI is InChI=1S/C19H18ClN3O3/c1-11(2)12-4-6-13(7-5-12)18-22-23-19(26-18)21-17(24)15-10-14(20)8-9-16(15)25-3/h4-11H,1-3H3,(H,21,23,24). The van der Waals surface area contributed by atoms with Crippen molar-refractivity contribution in [2.45, 2.75) is 19.8 Å². The molecule has 0 saturated carbocycles. The molecule has 3 aromatic rings. The van der Waals surface area contributed by atoms with Gasteiger partial charge in [0.05, 0.1) is 12.7 Å². The number of halogens is 1. The molecule has 7 heteroatoms. The summed E-state index contributed by atoms with van der Waals surface area (Å²) in [6.07, 6.45) is 0. The summed E-state index contributed by atoms with van der Waals surface area (Å²) in [7, 11) is 1.48. The van der Waals surface area contributed by atoms with Gasteiger partial charge in [0.25, 0.3) is 5.91 Å². The SMILES string of the molecule is COc1ccc(Cl)cc1C(=O)Nc1nnc(-c2ccc(C(C)C)cc2)o1. The predicted octanol–water partition coefficient (Wildman–Crippen LogP) is 4.77. The summed E-state index contributed by atoms with van der Waals surface area (Å²) in [5.41, 5.74) is 2.28. The van der Waals surface area contributed by atoms with Gasteiger partial charge in [0.2, 0.25) is 5.89 Å². The summed E-state index contributed by atoms with van der Waals surface area (Å²) >= 11 is 5.95. The van der Waals surface area contributed by atoms with Gasteiger partial charge in [0.1, 0.15) is 5.75 Å². The Balaban J connectivity index is 1.78. The van der Waals surface area contributed by atoms with Crippen molar-refractivity contribution in [3.05, 3.63) is 58.6 Å². The molecule has 0 aliphatic carbocycles. The third kappa shape index (κ3) is 3.86. The number of benzene rings is 2. The first kappa shape index (κ1) is 17.9. The molecule has 0 bridgehead atoms. The molecular formula is C19H18ClN3O3. The predicted molar refractivity (Wildman–Crippen MR) is 99.8 cm³/mol. The first-order valence-electron chi connectivity index (χ1n) is 8.06. The van der Waals surface area contributed by atoms with Crippen LogP contribution in [0.3, 0.4) is 0 Å². The van der Waals surface area contributed by atoms with Gasteiger partial charge in [-0.05, 0) is 41.8 Å². The molecule has 1 amide bonds. The minimum Gasteiger partial charge on any atom is -0.496 e. The summed E-state index contributed by atoms with van der Waals surface area (Å²) in [5, 5.41) is 10.8. The molecule has 0 aliphatic heterocycles. The Bertz CT molecular complexity index is 920. The van der Waals surface area contributed by atoms with Crippen molar-refractivity contribution in [2.24, 2.45) is 0 Å². The maximum absolute atomic E-state index is 12.4. The second kappa shape index (κ2) is 7.58. The van der Waals surface area contributed by atoms with Crippen molar-refractivity contribution in [2.75, 3.05) is 12.4 Å². The highest BCUT2D eigenvalue weighted by atomic mass is 35.5. The molecule has 0 fully saturated rings. The molecule has 2 aromatic carbocycles. The number of carbonyl (C=O) groups is 1. The fraction of sp³-hybridized carbons (Fsp3) is 0.211. The molecule has 1 aromatic heterocycles. The Labute approximate surface area is 156 Å². The average Bonchev–Trinajstić information content (AvgIpc) is 3.10. The lowest BCUT2D eigenvalue weighted by Gasteiger charge is -2.07. The molecule has 0 radical (unpaired) electrons. The van der Waals surface area contributed by atoms with Crippen LogP contribution in [0.1, 0.15) is 35.7 Å². The van der Waals surface area contributed by atoms with E-state index >= 15 is 0 Å². The Hall–Kier alpha value is -2.86. The van der Waals surface area contributed by atoms with Gasteiger partial charge in [-0.25, -0.2) is 0 Å². The molecule has 0 saturated heterocycles. The Kier molecular flexibility index (Phi) is 5.23. The second-order valence-electron chi connectivity index (χ2n) is 5.99. The van der Waals surface area contributed by atoms with Crippen LogP contribution >= 0.6 is 11.6 Å². The number of carbonyl (C=O) groups excluding carboxylic acids is 1. The number of amides is 1. The van der Waals surface area contributed by atoms with Crippen molar-refractivity contribution < 1.29 is 13.9 Å². The number of ether oxygens (including phenoxy) is 1. The van der Waals surface area contributed by atoms with Gasteiger partial charge in [0, 0.05) is 10.6 Å². The molecular weight excluding hydrogens is 354 g/mol. The van der Waals surface area contributed by atoms with E-state index in [-0.39, 0.29) is 11.6 Å². The lowest BCUT2D eigenvalue weighted by Crippen LogP contribution is -2.13. The van der Waals surface area contributed by atoms with E-state index in [0.29, 0.717) is 22.6 Å². The number of rotatable bonds is 5. The van der Waals surface area contributed by atoms with Crippen LogP contribution in [-0.2, 0) is 0 Å². The highest BCUT2D eigenvalue weighted by Gasteiger charge is 2.17. The zero-order valence-corrected chi connectivity index (χ0v) is 15.4. The van der Waals surface area contributed by atoms with Gasteiger partial charge in [-0.3, -0.25) is 10.1 Å². The first-order chi connectivity index (χ1) is 12.5. The van der Waals surface area contributed by atoms with Crippen molar-refractivity contribution >= 4 is 23.5 Å². The average molecular weight is 372 g/mol. The molecule has 6 nitrogen and oxygen atoms in total. The zero-order valence-electron chi connectivity index (χ0n) is 14.6. The van der Waals surface area contributed by atoms with Gasteiger partial charge >= 0.3 is 6.01 Å². The molecule has 1 N–H and O–H groups in total. The quantitative estimate of drug-likeness (QED) is 0.698. The summed E-state index contributed by atoms with van der Waals surface area (Å²) in [6, 6.07) is 12.6. The summed E-state index contributed by atoms with van der Waals surface area (Å²) in [6.45, 7) is 4.25. The van der Waals surface area contributed by atoms with Crippen molar-refractivity contribution in [3.8, 4) is 17.2 Å². The van der Waals surface area contributed by atoms with E-state index in [4.69, 9.17) is 20.8 Å². The minimum absolute atomic E-state index is 0.0000327. The number of hydrogen-bond acceptors (Lipinski definition) is 5. The van der Waals surface area contributed by atoms with Crippen LogP contribution in [0.15, 0.2) is 46.9 Å². The normalized spacial score (nSPS) is 10.8. The van der Waals surface area contributed by atoms with Gasteiger partial charge < -0.3 is 9.15 Å². The van der Waals surface area contributed by atoms with E-state index in [1.807, 2.05) is 24.3 Å². The molecule has 1 heterocycles. The number of methoxy groups -OCH3 is 1. The van der Waals surface area contributed by atoms with Crippen LogP contribution in [0, 0.1) is 0 Å². The lowest BCUT2D eigenvalue weighted by atomic mass is 10.0. The summed E-state index contributed by atoms with van der Waals surface area (Å²) in [4.78, 5) is 12.4. The fourth-order valence-electron chi connectivity index (χ4n) is 2.42. The van der Waals surface area contributed by atoms with E-state index in [2.05, 4.69) is 29.4 Å². The van der Waals surface area contributed by atoms with Crippen LogP contribution in [0.2, 0.25) is 5.02 Å². The largest absolute Gasteiger partial charge is 0.496 e. The Morgan fingerprint density at radius 2 is 1.88 bits per heavy atom. The third-order valence-electron chi connectivity index (χ3n) is 3.88. The topological polar surface area (TPSA) is 77.2 Å². The van der Waals surface area contributed by atoms with E-state index in [1.165, 1.54) is 18.7 Å². The molecule has 0 unspecified atom stereocenters. The van der Waals surface area contributed by atoms with Crippen LogP contribution in [0.4, 0.5) is 6.01 Å². The number of nitrogens with zero attached hydrogens (tertiary/aromatic N) is 2. The van der Waals surface area contributed by atoms with Crippen LogP contribution in [0.25, 0.3) is 11.5 Å². The lowest BCUT2D eigenvalue weighted by molar-refractivity contribution is 0.102. The fourth-order valence-corrected chi connectivity index (χ4v) is 2.60. The summed E-state index contributed by atoms with van der Waals surface area (Å²) in [5.74, 6) is 0.716. The molecule has 0 atom stereocenters. The van der Waals surface area contributed by atoms with Crippen LogP contribution in [0.5, 0.6) is 5.75 Å². The molecule has 134 valence electrons. The van der Waals surface area contributed by atoms with Gasteiger partial charge in [-0.2, -0.15) is 0 Å². The second-order valence-corrected chi connectivity index (χ2v) is 6.42. The molecule has 0 spiro atoms. The number of nitrogens with one attached hydrogen (secondary N) is 1. The minimum atomic E-state index is -0.449. The summed E-state index contributed by atoms with van der Waals surface area (Å²) < 4.78 is 10.7. The number of anilines is 1. The van der Waals surface area contributed by atoms with Gasteiger partial charge in [-0.1, -0.05) is 42.7 Å². The highest BCUT2D eigenvalue weighted by molar-refractivity contribution is 6.31. The van der Waals surface area contributed by atoms with Crippen molar-refractivity contribution in [1.29, 1.82) is 0 Å². The number of hydrogen-bond donors (Lipinski definition) is 1. The van der Waals surface area contributed by atoms with Gasteiger partial charge in [0.15, 0.2) is 0 Å². The molecule has 0 aliphatic rings. The molecule has 3 rings (SSSR count). The van der Waals surface area contributed by atoms with Crippen molar-refractivity contribution in [1.82, 2.24) is 10.2 Å². The number of aromatic nitrogens is 2. The maximum atomic E-state index is 12.4. The monoisotopic (exact) mass is 371 g/mol. The zero-order chi connectivity index (χ0) is 18.7. The van der Waals surface area contributed by atoms with Gasteiger partial charge in [-0.15, -0.1) is 5.10 Å². The van der Waals surface area contributed by atoms with E-state index in [1.54, 1.807) is 12.1 Å². The van der Waals surface area contributed by atoms with Crippen molar-refractivity contribution in [3.63, 3.8) is 0 Å². The Morgan fingerprint density at radius 1 is 1.15 bits per heavy atom. The Morgan fingerprint density at radius 3 is 2.54 bits per heavy atom. The van der Waals surface area contributed by atoms with Crippen LogP contribution in [-0.4, -0.2) is 23.2 Å². The van der Waals surface area contributed by atoms with E-state index in [0.717, 1.165) is 5.56 Å². The van der Waals surface area contributed by atoms with E-state index < -0.39 is 5.91 Å². The van der Waals surface area contributed by atoms with Crippen LogP contribution < -0.4 is 10.1 Å². The van der Waals surface area contributed by atoms with E-state index in [9.17, 15) is 4.79 Å². The first-order valence-corrected chi connectivity index (χ1v) is 8.44. The molecule has 26 heavy (non-hydrogen) atoms. The maximum Gasteiger partial charge on any atom is 0.322 e. The highest BCUT2D eigenvalue weighted by Crippen LogP contribution is 2.25. The smallest absolute Gasteiger partial charge is 0.322 e.